The first kappa shape index (κ1) is 6.34. The molecule has 1 aromatic rings. The zero-order valence-electron chi connectivity index (χ0n) is 5.19. The van der Waals surface area contributed by atoms with Crippen molar-refractivity contribution >= 4 is 13.3 Å². The first-order valence-corrected chi connectivity index (χ1v) is 2.72. The standard InChI is InChI=1S/C7H6BF/c1-5-2-3-7(9)6(8)4-5/h2-4H,1H3. The molecule has 0 saturated heterocycles. The Morgan fingerprint density at radius 3 is 2.56 bits per heavy atom. The Morgan fingerprint density at radius 2 is 2.11 bits per heavy atom. The van der Waals surface area contributed by atoms with E-state index in [9.17, 15) is 4.39 Å². The van der Waals surface area contributed by atoms with Gasteiger partial charge in [0.05, 0.1) is 0 Å². The molecule has 0 unspecified atom stereocenters. The van der Waals surface area contributed by atoms with Crippen molar-refractivity contribution in [2.45, 2.75) is 6.92 Å². The maximum Gasteiger partial charge on any atom is 0.117 e. The molecule has 44 valence electrons. The molecule has 1 aromatic carbocycles. The van der Waals surface area contributed by atoms with Crippen LogP contribution in [0.3, 0.4) is 0 Å². The van der Waals surface area contributed by atoms with Crippen LogP contribution in [0.2, 0.25) is 0 Å². The van der Waals surface area contributed by atoms with Gasteiger partial charge < -0.3 is 0 Å². The molecule has 0 bridgehead atoms. The minimum atomic E-state index is -0.347. The summed E-state index contributed by atoms with van der Waals surface area (Å²) < 4.78 is 12.4. The fourth-order valence-electron chi connectivity index (χ4n) is 0.663. The lowest BCUT2D eigenvalue weighted by molar-refractivity contribution is 0.635. The maximum absolute atomic E-state index is 12.4. The molecular weight excluding hydrogens is 114 g/mol. The van der Waals surface area contributed by atoms with Gasteiger partial charge in [-0.15, -0.1) is 0 Å². The summed E-state index contributed by atoms with van der Waals surface area (Å²) in [6, 6.07) is 4.66. The normalized spacial score (nSPS) is 9.56. The molecule has 0 aromatic heterocycles. The van der Waals surface area contributed by atoms with Crippen molar-refractivity contribution in [3.05, 3.63) is 29.6 Å². The average molecular weight is 120 g/mol. The molecule has 0 aliphatic rings. The molecule has 0 N–H and O–H groups in total. The minimum Gasteiger partial charge on any atom is -0.208 e. The van der Waals surface area contributed by atoms with Gasteiger partial charge in [-0.2, -0.15) is 0 Å². The highest BCUT2D eigenvalue weighted by Gasteiger charge is 1.92. The van der Waals surface area contributed by atoms with E-state index in [1.807, 2.05) is 6.92 Å². The van der Waals surface area contributed by atoms with E-state index in [1.54, 1.807) is 12.1 Å². The van der Waals surface area contributed by atoms with E-state index in [0.717, 1.165) is 5.56 Å². The molecule has 0 aliphatic heterocycles. The van der Waals surface area contributed by atoms with Gasteiger partial charge in [0.25, 0.3) is 0 Å². The highest BCUT2D eigenvalue weighted by Crippen LogP contribution is 1.96. The van der Waals surface area contributed by atoms with Crippen LogP contribution in [-0.4, -0.2) is 7.85 Å². The third-order valence-corrected chi connectivity index (χ3v) is 1.15. The second-order valence-corrected chi connectivity index (χ2v) is 2.02. The monoisotopic (exact) mass is 120 g/mol. The molecular formula is C7H6BF. The molecule has 0 saturated carbocycles. The predicted molar refractivity (Wildman–Crippen MR) is 36.5 cm³/mol. The summed E-state index contributed by atoms with van der Waals surface area (Å²) in [6.45, 7) is 1.87. The lowest BCUT2D eigenvalue weighted by Gasteiger charge is -1.95. The van der Waals surface area contributed by atoms with Crippen molar-refractivity contribution < 1.29 is 4.39 Å². The fraction of sp³-hybridized carbons (Fsp3) is 0.143. The first-order chi connectivity index (χ1) is 4.20. The van der Waals surface area contributed by atoms with Crippen LogP contribution in [0.15, 0.2) is 18.2 Å². The van der Waals surface area contributed by atoms with E-state index in [2.05, 4.69) is 0 Å². The Balaban J connectivity index is 3.17. The molecule has 2 radical (unpaired) electrons. The Kier molecular flexibility index (Phi) is 1.56. The smallest absolute Gasteiger partial charge is 0.117 e. The van der Waals surface area contributed by atoms with Gasteiger partial charge >= 0.3 is 0 Å². The van der Waals surface area contributed by atoms with Gasteiger partial charge in [0, 0.05) is 0 Å². The second kappa shape index (κ2) is 2.22. The molecule has 0 atom stereocenters. The van der Waals surface area contributed by atoms with Gasteiger partial charge in [-0.05, 0) is 13.0 Å². The highest BCUT2D eigenvalue weighted by molar-refractivity contribution is 6.32. The van der Waals surface area contributed by atoms with Gasteiger partial charge in [-0.3, -0.25) is 0 Å². The fourth-order valence-corrected chi connectivity index (χ4v) is 0.663. The zero-order valence-corrected chi connectivity index (χ0v) is 5.19. The van der Waals surface area contributed by atoms with Gasteiger partial charge in [-0.25, -0.2) is 4.39 Å². The number of hydrogen-bond acceptors (Lipinski definition) is 0. The van der Waals surface area contributed by atoms with Crippen molar-refractivity contribution in [2.24, 2.45) is 0 Å². The number of rotatable bonds is 0. The van der Waals surface area contributed by atoms with Gasteiger partial charge in [0.1, 0.15) is 13.7 Å². The summed E-state index contributed by atoms with van der Waals surface area (Å²) in [4.78, 5) is 0. The van der Waals surface area contributed by atoms with Crippen molar-refractivity contribution in [2.75, 3.05) is 0 Å². The van der Waals surface area contributed by atoms with E-state index in [1.165, 1.54) is 6.07 Å². The van der Waals surface area contributed by atoms with E-state index in [-0.39, 0.29) is 11.3 Å². The van der Waals surface area contributed by atoms with Crippen LogP contribution in [0.25, 0.3) is 0 Å². The van der Waals surface area contributed by atoms with Crippen molar-refractivity contribution in [1.82, 2.24) is 0 Å². The van der Waals surface area contributed by atoms with Gasteiger partial charge in [0.2, 0.25) is 0 Å². The Bertz CT molecular complexity index is 220. The summed E-state index contributed by atoms with van der Waals surface area (Å²) >= 11 is 0. The highest BCUT2D eigenvalue weighted by atomic mass is 19.1. The zero-order chi connectivity index (χ0) is 6.85. The summed E-state index contributed by atoms with van der Waals surface area (Å²) in [7, 11) is 5.25. The third kappa shape index (κ3) is 1.32. The van der Waals surface area contributed by atoms with Crippen LogP contribution in [0.1, 0.15) is 5.56 Å². The lowest BCUT2D eigenvalue weighted by atomic mass is 9.94. The van der Waals surface area contributed by atoms with E-state index in [0.29, 0.717) is 0 Å². The van der Waals surface area contributed by atoms with E-state index < -0.39 is 0 Å². The number of hydrogen-bond donors (Lipinski definition) is 0. The van der Waals surface area contributed by atoms with E-state index in [4.69, 9.17) is 7.85 Å². The van der Waals surface area contributed by atoms with Crippen molar-refractivity contribution in [3.63, 3.8) is 0 Å². The Hall–Kier alpha value is -0.785. The molecule has 0 amide bonds. The minimum absolute atomic E-state index is 0.218. The van der Waals surface area contributed by atoms with Gasteiger partial charge in [-0.1, -0.05) is 23.2 Å². The average Bonchev–Trinajstić information content (AvgIpc) is 1.80. The molecule has 0 nitrogen and oxygen atoms in total. The summed E-state index contributed by atoms with van der Waals surface area (Å²) in [5, 5.41) is 0. The van der Waals surface area contributed by atoms with Crippen LogP contribution in [0, 0.1) is 12.7 Å². The van der Waals surface area contributed by atoms with E-state index >= 15 is 0 Å². The molecule has 0 spiro atoms. The molecule has 0 heterocycles. The summed E-state index contributed by atoms with van der Waals surface area (Å²) in [6.07, 6.45) is 0. The SMILES string of the molecule is [B]c1cc(C)ccc1F. The summed E-state index contributed by atoms with van der Waals surface area (Å²) in [5.74, 6) is -0.347. The lowest BCUT2D eigenvalue weighted by Crippen LogP contribution is -2.07. The van der Waals surface area contributed by atoms with Gasteiger partial charge in [0.15, 0.2) is 0 Å². The third-order valence-electron chi connectivity index (χ3n) is 1.15. The molecule has 9 heavy (non-hydrogen) atoms. The van der Waals surface area contributed by atoms with Crippen molar-refractivity contribution in [1.29, 1.82) is 0 Å². The Labute approximate surface area is 55.1 Å². The van der Waals surface area contributed by atoms with Crippen LogP contribution in [0.5, 0.6) is 0 Å². The predicted octanol–water partition coefficient (Wildman–Crippen LogP) is 0.928. The van der Waals surface area contributed by atoms with Crippen LogP contribution in [0.4, 0.5) is 4.39 Å². The number of halogens is 1. The molecule has 1 rings (SSSR count). The van der Waals surface area contributed by atoms with Crippen molar-refractivity contribution in [3.8, 4) is 0 Å². The molecule has 2 heteroatoms. The topological polar surface area (TPSA) is 0 Å². The van der Waals surface area contributed by atoms with Crippen LogP contribution >= 0.6 is 0 Å². The Morgan fingerprint density at radius 1 is 1.44 bits per heavy atom. The number of aryl methyl sites for hydroxylation is 1. The number of benzene rings is 1. The molecule has 0 fully saturated rings. The second-order valence-electron chi connectivity index (χ2n) is 2.02. The quantitative estimate of drug-likeness (QED) is 0.446. The van der Waals surface area contributed by atoms with Crippen LogP contribution < -0.4 is 5.46 Å². The summed E-state index contributed by atoms with van der Waals surface area (Å²) in [5.41, 5.74) is 1.20. The molecule has 0 aliphatic carbocycles. The maximum atomic E-state index is 12.4. The largest absolute Gasteiger partial charge is 0.208 e. The van der Waals surface area contributed by atoms with Crippen LogP contribution in [-0.2, 0) is 0 Å². The first-order valence-electron chi connectivity index (χ1n) is 2.72.